The van der Waals surface area contributed by atoms with Crippen molar-refractivity contribution in [2.24, 2.45) is 0 Å². The fourth-order valence-corrected chi connectivity index (χ4v) is 1.34. The summed E-state index contributed by atoms with van der Waals surface area (Å²) in [5.74, 6) is -4.56. The summed E-state index contributed by atoms with van der Waals surface area (Å²) in [6, 6.07) is 1.40. The third-order valence-electron chi connectivity index (χ3n) is 2.15. The van der Waals surface area contributed by atoms with Gasteiger partial charge in [0.15, 0.2) is 0 Å². The third-order valence-corrected chi connectivity index (χ3v) is 2.15. The number of hydrogen-bond donors (Lipinski definition) is 5. The summed E-state index contributed by atoms with van der Waals surface area (Å²) >= 11 is 0. The van der Waals surface area contributed by atoms with E-state index in [2.05, 4.69) is 0 Å². The third kappa shape index (κ3) is 4.19. The van der Waals surface area contributed by atoms with Crippen LogP contribution in [-0.2, 0) is 9.59 Å². The van der Waals surface area contributed by atoms with Crippen LogP contribution >= 0.6 is 0 Å². The number of aliphatic carboxylic acids is 2. The van der Waals surface area contributed by atoms with Crippen molar-refractivity contribution in [3.05, 3.63) is 23.8 Å². The standard InChI is InChI=1S/C11H11NO7/c13-6-1-5(2-7(14)3-6)10(17)12-8(11(18)19)4-9(15)16/h1-3,8,13-14H,4H2,(H,12,17)(H,15,16)(H,18,19). The Labute approximate surface area is 106 Å². The molecule has 0 aliphatic carbocycles. The summed E-state index contributed by atoms with van der Waals surface area (Å²) in [5, 5.41) is 37.6. The van der Waals surface area contributed by atoms with Gasteiger partial charge in [0.25, 0.3) is 5.91 Å². The van der Waals surface area contributed by atoms with Gasteiger partial charge in [0, 0.05) is 11.6 Å². The minimum Gasteiger partial charge on any atom is -0.508 e. The van der Waals surface area contributed by atoms with Gasteiger partial charge >= 0.3 is 11.9 Å². The zero-order valence-electron chi connectivity index (χ0n) is 9.53. The Balaban J connectivity index is 2.87. The summed E-state index contributed by atoms with van der Waals surface area (Å²) in [4.78, 5) is 32.9. The molecule has 1 aromatic carbocycles. The van der Waals surface area contributed by atoms with Crippen molar-refractivity contribution in [2.45, 2.75) is 12.5 Å². The molecule has 0 heterocycles. The Hall–Kier alpha value is -2.77. The Morgan fingerprint density at radius 3 is 2.00 bits per heavy atom. The van der Waals surface area contributed by atoms with Crippen molar-refractivity contribution < 1.29 is 34.8 Å². The van der Waals surface area contributed by atoms with E-state index in [-0.39, 0.29) is 17.1 Å². The Kier molecular flexibility index (Phi) is 4.30. The molecule has 1 rings (SSSR count). The molecule has 19 heavy (non-hydrogen) atoms. The maximum Gasteiger partial charge on any atom is 0.326 e. The van der Waals surface area contributed by atoms with E-state index in [1.165, 1.54) is 0 Å². The molecule has 0 bridgehead atoms. The maximum absolute atomic E-state index is 11.7. The molecule has 8 nitrogen and oxygen atoms in total. The van der Waals surface area contributed by atoms with Crippen LogP contribution in [0.3, 0.4) is 0 Å². The molecule has 0 fully saturated rings. The Bertz CT molecular complexity index is 506. The van der Waals surface area contributed by atoms with Crippen LogP contribution in [0.5, 0.6) is 11.5 Å². The summed E-state index contributed by atoms with van der Waals surface area (Å²) in [5.41, 5.74) is -0.186. The fraction of sp³-hybridized carbons (Fsp3) is 0.182. The monoisotopic (exact) mass is 269 g/mol. The van der Waals surface area contributed by atoms with E-state index < -0.39 is 30.3 Å². The molecule has 1 amide bonds. The molecule has 0 aliphatic heterocycles. The van der Waals surface area contributed by atoms with Crippen LogP contribution in [0, 0.1) is 0 Å². The molecule has 0 spiro atoms. The van der Waals surface area contributed by atoms with Gasteiger partial charge in [0.05, 0.1) is 6.42 Å². The molecule has 102 valence electrons. The average molecular weight is 269 g/mol. The maximum atomic E-state index is 11.7. The SMILES string of the molecule is O=C(O)CC(NC(=O)c1cc(O)cc(O)c1)C(=O)O. The van der Waals surface area contributed by atoms with Crippen LogP contribution < -0.4 is 5.32 Å². The lowest BCUT2D eigenvalue weighted by atomic mass is 10.1. The number of carboxylic acid groups (broad SMARTS) is 2. The number of phenolic OH excluding ortho intramolecular Hbond substituents is 2. The topological polar surface area (TPSA) is 144 Å². The van der Waals surface area contributed by atoms with Gasteiger partial charge in [-0.05, 0) is 12.1 Å². The smallest absolute Gasteiger partial charge is 0.326 e. The second-order valence-corrected chi connectivity index (χ2v) is 3.70. The summed E-state index contributed by atoms with van der Waals surface area (Å²) in [7, 11) is 0. The normalized spacial score (nSPS) is 11.6. The number of amides is 1. The number of phenols is 2. The molecule has 0 aromatic heterocycles. The lowest BCUT2D eigenvalue weighted by molar-refractivity contribution is -0.145. The summed E-state index contributed by atoms with van der Waals surface area (Å²) < 4.78 is 0. The van der Waals surface area contributed by atoms with Crippen molar-refractivity contribution in [3.63, 3.8) is 0 Å². The van der Waals surface area contributed by atoms with E-state index in [1.54, 1.807) is 0 Å². The molecule has 5 N–H and O–H groups in total. The zero-order chi connectivity index (χ0) is 14.6. The highest BCUT2D eigenvalue weighted by molar-refractivity contribution is 5.98. The quantitative estimate of drug-likeness (QED) is 0.495. The van der Waals surface area contributed by atoms with Gasteiger partial charge < -0.3 is 25.7 Å². The average Bonchev–Trinajstić information content (AvgIpc) is 2.25. The van der Waals surface area contributed by atoms with Crippen LogP contribution in [0.2, 0.25) is 0 Å². The lowest BCUT2D eigenvalue weighted by Gasteiger charge is -2.12. The number of aromatic hydroxyl groups is 2. The van der Waals surface area contributed by atoms with Gasteiger partial charge in [0.1, 0.15) is 17.5 Å². The molecular weight excluding hydrogens is 258 g/mol. The summed E-state index contributed by atoms with van der Waals surface area (Å²) in [6.45, 7) is 0. The zero-order valence-corrected chi connectivity index (χ0v) is 9.53. The van der Waals surface area contributed by atoms with Gasteiger partial charge in [-0.1, -0.05) is 0 Å². The molecule has 0 radical (unpaired) electrons. The van der Waals surface area contributed by atoms with Crippen LogP contribution in [0.4, 0.5) is 0 Å². The number of carboxylic acids is 2. The number of benzene rings is 1. The van der Waals surface area contributed by atoms with Gasteiger partial charge in [-0.2, -0.15) is 0 Å². The van der Waals surface area contributed by atoms with E-state index in [1.807, 2.05) is 5.32 Å². The fourth-order valence-electron chi connectivity index (χ4n) is 1.34. The van der Waals surface area contributed by atoms with Crippen LogP contribution in [-0.4, -0.2) is 44.3 Å². The summed E-state index contributed by atoms with van der Waals surface area (Å²) in [6.07, 6.45) is -0.786. The first kappa shape index (κ1) is 14.3. The van der Waals surface area contributed by atoms with Crippen molar-refractivity contribution in [1.82, 2.24) is 5.32 Å². The minimum atomic E-state index is -1.60. The van der Waals surface area contributed by atoms with Crippen LogP contribution in [0.25, 0.3) is 0 Å². The minimum absolute atomic E-state index is 0.186. The second-order valence-electron chi connectivity index (χ2n) is 3.70. The van der Waals surface area contributed by atoms with E-state index in [0.29, 0.717) is 0 Å². The van der Waals surface area contributed by atoms with Crippen LogP contribution in [0.1, 0.15) is 16.8 Å². The molecule has 0 aliphatic rings. The van der Waals surface area contributed by atoms with Crippen molar-refractivity contribution in [2.75, 3.05) is 0 Å². The highest BCUT2D eigenvalue weighted by atomic mass is 16.4. The first-order chi connectivity index (χ1) is 8.79. The van der Waals surface area contributed by atoms with Gasteiger partial charge in [-0.15, -0.1) is 0 Å². The Morgan fingerprint density at radius 1 is 1.05 bits per heavy atom. The first-order valence-electron chi connectivity index (χ1n) is 5.08. The Morgan fingerprint density at radius 2 is 1.58 bits per heavy atom. The molecule has 0 saturated heterocycles. The van der Waals surface area contributed by atoms with Crippen molar-refractivity contribution in [3.8, 4) is 11.5 Å². The predicted octanol–water partition coefficient (Wildman–Crippen LogP) is -0.245. The highest BCUT2D eigenvalue weighted by Gasteiger charge is 2.23. The number of carbonyl (C=O) groups excluding carboxylic acids is 1. The van der Waals surface area contributed by atoms with Gasteiger partial charge in [-0.3, -0.25) is 9.59 Å². The van der Waals surface area contributed by atoms with Crippen molar-refractivity contribution >= 4 is 17.8 Å². The van der Waals surface area contributed by atoms with E-state index in [9.17, 15) is 24.6 Å². The molecule has 0 saturated carbocycles. The highest BCUT2D eigenvalue weighted by Crippen LogP contribution is 2.20. The number of hydrogen-bond acceptors (Lipinski definition) is 5. The number of rotatable bonds is 5. The van der Waals surface area contributed by atoms with Crippen LogP contribution in [0.15, 0.2) is 18.2 Å². The number of nitrogens with one attached hydrogen (secondary N) is 1. The molecule has 1 aromatic rings. The van der Waals surface area contributed by atoms with E-state index >= 15 is 0 Å². The molecule has 1 atom stereocenters. The lowest BCUT2D eigenvalue weighted by Crippen LogP contribution is -2.42. The molecule has 8 heteroatoms. The molecule has 1 unspecified atom stereocenters. The molecular formula is C11H11NO7. The van der Waals surface area contributed by atoms with E-state index in [0.717, 1.165) is 18.2 Å². The van der Waals surface area contributed by atoms with Crippen molar-refractivity contribution in [1.29, 1.82) is 0 Å². The predicted molar refractivity (Wildman–Crippen MR) is 60.9 cm³/mol. The van der Waals surface area contributed by atoms with Gasteiger partial charge in [0.2, 0.25) is 0 Å². The van der Waals surface area contributed by atoms with Gasteiger partial charge in [-0.25, -0.2) is 4.79 Å². The first-order valence-corrected chi connectivity index (χ1v) is 5.08. The largest absolute Gasteiger partial charge is 0.508 e. The van der Waals surface area contributed by atoms with E-state index in [4.69, 9.17) is 10.2 Å². The number of carbonyl (C=O) groups is 3. The second kappa shape index (κ2) is 5.71.